The standard InChI is InChI=1S/C20H28O3/c1-16(10-8-11-17(2)13-21)9-6-7-12-18(3)19-22-14-20(4,5)15-23-19/h6-13,19H,14-15H2,1-5H3/b7-6+,10-8+,16-9+,17-11+,18-12-. The van der Waals surface area contributed by atoms with Gasteiger partial charge in [0.1, 0.15) is 6.29 Å². The second-order valence-electron chi connectivity index (χ2n) is 6.71. The second kappa shape index (κ2) is 9.43. The summed E-state index contributed by atoms with van der Waals surface area (Å²) in [6.45, 7) is 11.5. The molecule has 0 saturated carbocycles. The summed E-state index contributed by atoms with van der Waals surface area (Å²) < 4.78 is 11.5. The fourth-order valence-electron chi connectivity index (χ4n) is 1.89. The molecule has 0 aliphatic carbocycles. The largest absolute Gasteiger partial charge is 0.348 e. The Balaban J connectivity index is 2.50. The van der Waals surface area contributed by atoms with Crippen LogP contribution >= 0.6 is 0 Å². The molecule has 0 bridgehead atoms. The molecular formula is C20H28O3. The number of hydrogen-bond acceptors (Lipinski definition) is 3. The van der Waals surface area contributed by atoms with Gasteiger partial charge in [0.25, 0.3) is 0 Å². The smallest absolute Gasteiger partial charge is 0.179 e. The minimum atomic E-state index is -0.242. The topological polar surface area (TPSA) is 35.5 Å². The molecule has 0 atom stereocenters. The Morgan fingerprint density at radius 2 is 1.48 bits per heavy atom. The van der Waals surface area contributed by atoms with Crippen LogP contribution < -0.4 is 0 Å². The van der Waals surface area contributed by atoms with Gasteiger partial charge in [-0.05, 0) is 31.9 Å². The molecule has 1 saturated heterocycles. The van der Waals surface area contributed by atoms with Gasteiger partial charge in [0.2, 0.25) is 0 Å². The van der Waals surface area contributed by atoms with Crippen molar-refractivity contribution in [3.63, 3.8) is 0 Å². The van der Waals surface area contributed by atoms with Crippen molar-refractivity contribution < 1.29 is 14.3 Å². The first-order valence-corrected chi connectivity index (χ1v) is 7.89. The Kier molecular flexibility index (Phi) is 7.93. The molecule has 0 amide bonds. The molecule has 0 aromatic carbocycles. The van der Waals surface area contributed by atoms with Gasteiger partial charge in [-0.3, -0.25) is 4.79 Å². The predicted octanol–water partition coefficient (Wildman–Crippen LogP) is 4.54. The molecule has 0 radical (unpaired) electrons. The zero-order valence-electron chi connectivity index (χ0n) is 14.8. The molecule has 0 aromatic heterocycles. The highest BCUT2D eigenvalue weighted by molar-refractivity contribution is 5.72. The molecule has 126 valence electrons. The van der Waals surface area contributed by atoms with E-state index >= 15 is 0 Å². The number of rotatable bonds is 6. The van der Waals surface area contributed by atoms with Gasteiger partial charge in [-0.1, -0.05) is 62.0 Å². The van der Waals surface area contributed by atoms with E-state index in [1.807, 2.05) is 50.3 Å². The van der Waals surface area contributed by atoms with Crippen molar-refractivity contribution in [1.29, 1.82) is 0 Å². The van der Waals surface area contributed by atoms with Crippen molar-refractivity contribution in [2.24, 2.45) is 5.41 Å². The van der Waals surface area contributed by atoms with E-state index in [1.165, 1.54) is 0 Å². The van der Waals surface area contributed by atoms with Crippen LogP contribution in [-0.2, 0) is 14.3 Å². The van der Waals surface area contributed by atoms with Crippen LogP contribution in [-0.4, -0.2) is 25.8 Å². The van der Waals surface area contributed by atoms with E-state index in [2.05, 4.69) is 13.8 Å². The van der Waals surface area contributed by atoms with Crippen molar-refractivity contribution >= 4 is 6.29 Å². The maximum atomic E-state index is 10.5. The summed E-state index contributed by atoms with van der Waals surface area (Å²) in [5.41, 5.74) is 2.96. The monoisotopic (exact) mass is 316 g/mol. The first kappa shape index (κ1) is 19.3. The van der Waals surface area contributed by atoms with Gasteiger partial charge in [0.05, 0.1) is 13.2 Å². The lowest BCUT2D eigenvalue weighted by Crippen LogP contribution is -2.38. The summed E-state index contributed by atoms with van der Waals surface area (Å²) in [7, 11) is 0. The number of carbonyl (C=O) groups excluding carboxylic acids is 1. The lowest BCUT2D eigenvalue weighted by Gasteiger charge is -2.34. The Bertz CT molecular complexity index is 535. The minimum absolute atomic E-state index is 0.0927. The van der Waals surface area contributed by atoms with Gasteiger partial charge < -0.3 is 9.47 Å². The highest BCUT2D eigenvalue weighted by atomic mass is 16.7. The van der Waals surface area contributed by atoms with Gasteiger partial charge in [-0.15, -0.1) is 0 Å². The molecule has 0 unspecified atom stereocenters. The zero-order chi connectivity index (χ0) is 17.3. The van der Waals surface area contributed by atoms with E-state index in [0.717, 1.165) is 17.4 Å². The van der Waals surface area contributed by atoms with Crippen molar-refractivity contribution in [2.45, 2.75) is 40.9 Å². The van der Waals surface area contributed by atoms with Crippen LogP contribution in [0, 0.1) is 5.41 Å². The van der Waals surface area contributed by atoms with Crippen molar-refractivity contribution in [2.75, 3.05) is 13.2 Å². The summed E-state index contributed by atoms with van der Waals surface area (Å²) in [4.78, 5) is 10.5. The molecule has 1 rings (SSSR count). The number of ether oxygens (including phenoxy) is 2. The molecular weight excluding hydrogens is 288 g/mol. The summed E-state index contributed by atoms with van der Waals surface area (Å²) in [6, 6.07) is 0. The lowest BCUT2D eigenvalue weighted by atomic mass is 9.95. The zero-order valence-corrected chi connectivity index (χ0v) is 14.8. The van der Waals surface area contributed by atoms with E-state index in [1.54, 1.807) is 13.0 Å². The Morgan fingerprint density at radius 3 is 2.09 bits per heavy atom. The van der Waals surface area contributed by atoms with E-state index in [0.29, 0.717) is 18.8 Å². The van der Waals surface area contributed by atoms with E-state index in [-0.39, 0.29) is 11.7 Å². The summed E-state index contributed by atoms with van der Waals surface area (Å²) in [5.74, 6) is 0. The lowest BCUT2D eigenvalue weighted by molar-refractivity contribution is -0.202. The van der Waals surface area contributed by atoms with Crippen LogP contribution in [0.15, 0.2) is 59.3 Å². The molecule has 1 aliphatic rings. The molecule has 1 fully saturated rings. The molecule has 23 heavy (non-hydrogen) atoms. The molecule has 0 N–H and O–H groups in total. The van der Waals surface area contributed by atoms with Gasteiger partial charge in [0, 0.05) is 5.41 Å². The fraction of sp³-hybridized carbons (Fsp3) is 0.450. The third-order valence-electron chi connectivity index (χ3n) is 3.36. The number of allylic oxidation sites excluding steroid dienone is 9. The molecule has 0 aromatic rings. The quantitative estimate of drug-likeness (QED) is 0.410. The Labute approximate surface area is 140 Å². The molecule has 3 nitrogen and oxygen atoms in total. The maximum Gasteiger partial charge on any atom is 0.179 e. The van der Waals surface area contributed by atoms with Crippen molar-refractivity contribution in [3.05, 3.63) is 59.3 Å². The molecule has 0 spiro atoms. The van der Waals surface area contributed by atoms with Crippen LogP contribution in [0.25, 0.3) is 0 Å². The third kappa shape index (κ3) is 7.91. The number of aldehydes is 1. The molecule has 3 heteroatoms. The average molecular weight is 316 g/mol. The van der Waals surface area contributed by atoms with Crippen LogP contribution in [0.4, 0.5) is 0 Å². The third-order valence-corrected chi connectivity index (χ3v) is 3.36. The average Bonchev–Trinajstić information content (AvgIpc) is 2.51. The fourth-order valence-corrected chi connectivity index (χ4v) is 1.89. The second-order valence-corrected chi connectivity index (χ2v) is 6.71. The predicted molar refractivity (Wildman–Crippen MR) is 95.1 cm³/mol. The number of hydrogen-bond donors (Lipinski definition) is 0. The molecule has 1 heterocycles. The van der Waals surface area contributed by atoms with Crippen LogP contribution in [0.1, 0.15) is 34.6 Å². The van der Waals surface area contributed by atoms with Crippen LogP contribution in [0.2, 0.25) is 0 Å². The van der Waals surface area contributed by atoms with Crippen molar-refractivity contribution in [3.8, 4) is 0 Å². The highest BCUT2D eigenvalue weighted by Crippen LogP contribution is 2.25. The van der Waals surface area contributed by atoms with Crippen LogP contribution in [0.5, 0.6) is 0 Å². The maximum absolute atomic E-state index is 10.5. The van der Waals surface area contributed by atoms with Gasteiger partial charge in [0.15, 0.2) is 6.29 Å². The van der Waals surface area contributed by atoms with Gasteiger partial charge in [-0.25, -0.2) is 0 Å². The van der Waals surface area contributed by atoms with E-state index in [9.17, 15) is 4.79 Å². The SMILES string of the molecule is C/C(=C/C=C/C=C(C)/C=C/C=C(\C)C=O)C1OCC(C)(C)CO1. The van der Waals surface area contributed by atoms with Crippen LogP contribution in [0.3, 0.4) is 0 Å². The normalized spacial score (nSPS) is 21.3. The summed E-state index contributed by atoms with van der Waals surface area (Å²) >= 11 is 0. The molecule has 1 aliphatic heterocycles. The van der Waals surface area contributed by atoms with E-state index in [4.69, 9.17) is 9.47 Å². The Morgan fingerprint density at radius 1 is 0.913 bits per heavy atom. The first-order chi connectivity index (χ1) is 10.8. The highest BCUT2D eigenvalue weighted by Gasteiger charge is 2.28. The van der Waals surface area contributed by atoms with Gasteiger partial charge >= 0.3 is 0 Å². The van der Waals surface area contributed by atoms with Gasteiger partial charge in [-0.2, -0.15) is 0 Å². The number of carbonyl (C=O) groups is 1. The Hall–Kier alpha value is -1.71. The summed E-state index contributed by atoms with van der Waals surface area (Å²) in [6.07, 6.45) is 14.2. The van der Waals surface area contributed by atoms with E-state index < -0.39 is 0 Å². The first-order valence-electron chi connectivity index (χ1n) is 7.89. The minimum Gasteiger partial charge on any atom is -0.348 e. The summed E-state index contributed by atoms with van der Waals surface area (Å²) in [5, 5.41) is 0. The van der Waals surface area contributed by atoms with Crippen molar-refractivity contribution in [1.82, 2.24) is 0 Å².